The minimum absolute atomic E-state index is 0.0927. The van der Waals surface area contributed by atoms with Gasteiger partial charge in [-0.25, -0.2) is 4.79 Å². The summed E-state index contributed by atoms with van der Waals surface area (Å²) < 4.78 is 1.75. The van der Waals surface area contributed by atoms with E-state index in [1.165, 1.54) is 0 Å². The lowest BCUT2D eigenvalue weighted by molar-refractivity contribution is 0.196. The van der Waals surface area contributed by atoms with Crippen molar-refractivity contribution in [2.75, 3.05) is 32.4 Å². The molecule has 1 aliphatic heterocycles. The van der Waals surface area contributed by atoms with Gasteiger partial charge in [-0.1, -0.05) is 0 Å². The summed E-state index contributed by atoms with van der Waals surface area (Å²) in [7, 11) is 1.81. The van der Waals surface area contributed by atoms with Gasteiger partial charge >= 0.3 is 6.03 Å². The van der Waals surface area contributed by atoms with E-state index in [2.05, 4.69) is 5.10 Å². The molecule has 2 N–H and O–H groups in total. The van der Waals surface area contributed by atoms with Crippen LogP contribution in [-0.4, -0.2) is 52.3 Å². The third-order valence-electron chi connectivity index (χ3n) is 2.55. The molecule has 1 saturated heterocycles. The first-order valence-electron chi connectivity index (χ1n) is 4.95. The molecule has 1 aromatic heterocycles. The summed E-state index contributed by atoms with van der Waals surface area (Å²) in [6.45, 7) is 2.98. The molecule has 1 aromatic rings. The Morgan fingerprint density at radius 3 is 2.80 bits per heavy atom. The number of nitrogen functional groups attached to an aromatic ring is 1. The minimum Gasteiger partial charge on any atom is -0.396 e. The highest BCUT2D eigenvalue weighted by Crippen LogP contribution is 2.06. The van der Waals surface area contributed by atoms with Crippen LogP contribution in [0.2, 0.25) is 0 Å². The Labute approximate surface area is 88.2 Å². The predicted octanol–water partition coefficient (Wildman–Crippen LogP) is -0.167. The van der Waals surface area contributed by atoms with Crippen molar-refractivity contribution >= 4 is 11.7 Å². The number of aromatic nitrogens is 2. The fraction of sp³-hybridized carbons (Fsp3) is 0.556. The van der Waals surface area contributed by atoms with E-state index in [-0.39, 0.29) is 6.03 Å². The molecule has 0 atom stereocenters. The molecule has 2 heterocycles. The van der Waals surface area contributed by atoms with Gasteiger partial charge < -0.3 is 15.5 Å². The molecule has 15 heavy (non-hydrogen) atoms. The Hall–Kier alpha value is -1.72. The van der Waals surface area contributed by atoms with Crippen LogP contribution in [0.25, 0.3) is 0 Å². The monoisotopic (exact) mass is 209 g/mol. The maximum absolute atomic E-state index is 11.5. The number of hydrogen-bond donors (Lipinski definition) is 1. The summed E-state index contributed by atoms with van der Waals surface area (Å²) in [6, 6.07) is 0.0927. The Morgan fingerprint density at radius 2 is 2.27 bits per heavy atom. The van der Waals surface area contributed by atoms with E-state index in [0.717, 1.165) is 13.1 Å². The van der Waals surface area contributed by atoms with Crippen molar-refractivity contribution in [3.63, 3.8) is 0 Å². The highest BCUT2D eigenvalue weighted by Gasteiger charge is 2.24. The fourth-order valence-electron chi connectivity index (χ4n) is 1.64. The van der Waals surface area contributed by atoms with E-state index in [9.17, 15) is 4.79 Å². The Balaban J connectivity index is 1.86. The van der Waals surface area contributed by atoms with Gasteiger partial charge in [0.15, 0.2) is 0 Å². The third kappa shape index (κ3) is 2.03. The molecule has 6 nitrogen and oxygen atoms in total. The second kappa shape index (κ2) is 3.80. The lowest BCUT2D eigenvalue weighted by Gasteiger charge is -2.15. The molecule has 1 fully saturated rings. The zero-order chi connectivity index (χ0) is 10.8. The molecule has 0 aliphatic carbocycles. The molecule has 0 radical (unpaired) electrons. The number of urea groups is 1. The van der Waals surface area contributed by atoms with Crippen LogP contribution in [0.3, 0.4) is 0 Å². The lowest BCUT2D eigenvalue weighted by Crippen LogP contribution is -2.32. The van der Waals surface area contributed by atoms with E-state index < -0.39 is 0 Å². The molecule has 0 spiro atoms. The smallest absolute Gasteiger partial charge is 0.319 e. The van der Waals surface area contributed by atoms with Gasteiger partial charge in [-0.3, -0.25) is 4.68 Å². The summed E-state index contributed by atoms with van der Waals surface area (Å²) in [4.78, 5) is 15.1. The number of rotatable bonds is 3. The maximum atomic E-state index is 11.5. The number of nitrogens with two attached hydrogens (primary N) is 1. The molecule has 0 unspecified atom stereocenters. The number of amides is 2. The molecule has 82 valence electrons. The van der Waals surface area contributed by atoms with E-state index in [4.69, 9.17) is 5.73 Å². The number of likely N-dealkylation sites (N-methyl/N-ethyl adjacent to an activating group) is 1. The van der Waals surface area contributed by atoms with Crippen LogP contribution in [0.5, 0.6) is 0 Å². The number of carbonyl (C=O) groups excluding carboxylic acids is 1. The normalized spacial score (nSPS) is 16.5. The van der Waals surface area contributed by atoms with Crippen LogP contribution in [0.4, 0.5) is 10.5 Å². The highest BCUT2D eigenvalue weighted by molar-refractivity contribution is 5.76. The SMILES string of the molecule is CN1CCN(CCn2cc(N)cn2)C1=O. The Morgan fingerprint density at radius 1 is 1.47 bits per heavy atom. The summed E-state index contributed by atoms with van der Waals surface area (Å²) in [5, 5.41) is 4.06. The van der Waals surface area contributed by atoms with Crippen molar-refractivity contribution in [1.82, 2.24) is 19.6 Å². The van der Waals surface area contributed by atoms with Crippen LogP contribution in [0, 0.1) is 0 Å². The van der Waals surface area contributed by atoms with Crippen LogP contribution in [-0.2, 0) is 6.54 Å². The number of anilines is 1. The van der Waals surface area contributed by atoms with Gasteiger partial charge in [0.25, 0.3) is 0 Å². The second-order valence-electron chi connectivity index (χ2n) is 3.73. The first-order chi connectivity index (χ1) is 7.16. The summed E-state index contributed by atoms with van der Waals surface area (Å²) in [6.07, 6.45) is 3.38. The molecule has 2 amide bonds. The Bertz CT molecular complexity index is 361. The zero-order valence-corrected chi connectivity index (χ0v) is 8.76. The van der Waals surface area contributed by atoms with Gasteiger partial charge in [0, 0.05) is 32.9 Å². The van der Waals surface area contributed by atoms with Crippen molar-refractivity contribution in [2.45, 2.75) is 6.54 Å². The first-order valence-corrected chi connectivity index (χ1v) is 4.95. The fourth-order valence-corrected chi connectivity index (χ4v) is 1.64. The van der Waals surface area contributed by atoms with Gasteiger partial charge in [0.05, 0.1) is 18.4 Å². The van der Waals surface area contributed by atoms with Crippen molar-refractivity contribution in [2.24, 2.45) is 0 Å². The van der Waals surface area contributed by atoms with E-state index >= 15 is 0 Å². The molecular formula is C9H15N5O. The molecule has 0 bridgehead atoms. The molecule has 0 aromatic carbocycles. The van der Waals surface area contributed by atoms with Gasteiger partial charge in [-0.2, -0.15) is 5.10 Å². The van der Waals surface area contributed by atoms with E-state index in [0.29, 0.717) is 18.8 Å². The van der Waals surface area contributed by atoms with Gasteiger partial charge in [0.1, 0.15) is 0 Å². The third-order valence-corrected chi connectivity index (χ3v) is 2.55. The van der Waals surface area contributed by atoms with Crippen LogP contribution in [0.1, 0.15) is 0 Å². The average molecular weight is 209 g/mol. The molecule has 0 saturated carbocycles. The summed E-state index contributed by atoms with van der Waals surface area (Å²) in [5.41, 5.74) is 6.19. The molecule has 6 heteroatoms. The van der Waals surface area contributed by atoms with Crippen molar-refractivity contribution in [3.05, 3.63) is 12.4 Å². The van der Waals surface area contributed by atoms with Gasteiger partial charge in [0.2, 0.25) is 0 Å². The van der Waals surface area contributed by atoms with Gasteiger partial charge in [-0.15, -0.1) is 0 Å². The van der Waals surface area contributed by atoms with Crippen molar-refractivity contribution < 1.29 is 4.79 Å². The van der Waals surface area contributed by atoms with Crippen LogP contribution < -0.4 is 5.73 Å². The molecule has 1 aliphatic rings. The van der Waals surface area contributed by atoms with Crippen molar-refractivity contribution in [3.8, 4) is 0 Å². The standard InChI is InChI=1S/C9H15N5O/c1-12-2-3-13(9(12)15)4-5-14-7-8(10)6-11-14/h6-7H,2-5,10H2,1H3. The average Bonchev–Trinajstić information content (AvgIpc) is 2.74. The molecule has 2 rings (SSSR count). The highest BCUT2D eigenvalue weighted by atomic mass is 16.2. The molecular weight excluding hydrogens is 194 g/mol. The zero-order valence-electron chi connectivity index (χ0n) is 8.76. The number of hydrogen-bond acceptors (Lipinski definition) is 3. The van der Waals surface area contributed by atoms with Gasteiger partial charge in [-0.05, 0) is 0 Å². The number of nitrogens with zero attached hydrogens (tertiary/aromatic N) is 4. The first kappa shape index (κ1) is 9.82. The number of carbonyl (C=O) groups is 1. The maximum Gasteiger partial charge on any atom is 0.319 e. The second-order valence-corrected chi connectivity index (χ2v) is 3.73. The largest absolute Gasteiger partial charge is 0.396 e. The summed E-state index contributed by atoms with van der Waals surface area (Å²) >= 11 is 0. The van der Waals surface area contributed by atoms with Crippen molar-refractivity contribution in [1.29, 1.82) is 0 Å². The predicted molar refractivity (Wildman–Crippen MR) is 56.2 cm³/mol. The Kier molecular flexibility index (Phi) is 2.49. The van der Waals surface area contributed by atoms with E-state index in [1.807, 2.05) is 11.9 Å². The van der Waals surface area contributed by atoms with Crippen LogP contribution >= 0.6 is 0 Å². The minimum atomic E-state index is 0.0927. The quantitative estimate of drug-likeness (QED) is 0.751. The summed E-state index contributed by atoms with van der Waals surface area (Å²) in [5.74, 6) is 0. The van der Waals surface area contributed by atoms with Crippen LogP contribution in [0.15, 0.2) is 12.4 Å². The van der Waals surface area contributed by atoms with E-state index in [1.54, 1.807) is 22.0 Å². The lowest BCUT2D eigenvalue weighted by atomic mass is 10.5. The topological polar surface area (TPSA) is 67.4 Å².